The molecule has 1 amide bonds. The molecule has 0 unspecified atom stereocenters. The minimum Gasteiger partial charge on any atom is -0.347 e. The number of hydrogen-bond acceptors (Lipinski definition) is 5. The van der Waals surface area contributed by atoms with Crippen LogP contribution in [-0.2, 0) is 0 Å². The fraction of sp³-hybridized carbons (Fsp3) is 0.333. The Morgan fingerprint density at radius 2 is 2.16 bits per heavy atom. The van der Waals surface area contributed by atoms with Crippen LogP contribution in [0.1, 0.15) is 28.3 Å². The van der Waals surface area contributed by atoms with E-state index in [4.69, 9.17) is 5.26 Å². The number of likely N-dealkylation sites (tertiary alicyclic amines) is 1. The molecule has 25 heavy (non-hydrogen) atoms. The minimum atomic E-state index is -0.598. The Bertz CT molecular complexity index is 841. The smallest absolute Gasteiger partial charge is 0.254 e. The summed E-state index contributed by atoms with van der Waals surface area (Å²) in [6, 6.07) is 6.08. The summed E-state index contributed by atoms with van der Waals surface area (Å²) in [5.41, 5.74) is 2.00. The molecule has 0 aliphatic carbocycles. The van der Waals surface area contributed by atoms with Crippen LogP contribution in [-0.4, -0.2) is 39.9 Å². The highest BCUT2D eigenvalue weighted by Crippen LogP contribution is 2.21. The molecule has 0 bridgehead atoms. The number of aryl methyl sites for hydroxylation is 2. The van der Waals surface area contributed by atoms with Gasteiger partial charge in [0.25, 0.3) is 5.91 Å². The van der Waals surface area contributed by atoms with Crippen molar-refractivity contribution in [3.8, 4) is 17.5 Å². The fourth-order valence-electron chi connectivity index (χ4n) is 2.96. The van der Waals surface area contributed by atoms with Gasteiger partial charge in [-0.3, -0.25) is 4.79 Å². The van der Waals surface area contributed by atoms with Gasteiger partial charge in [-0.2, -0.15) is 5.26 Å². The third-order valence-corrected chi connectivity index (χ3v) is 4.14. The molecule has 7 heteroatoms. The first kappa shape index (κ1) is 16.8. The van der Waals surface area contributed by atoms with Gasteiger partial charge in [-0.1, -0.05) is 6.07 Å². The number of nitrogens with one attached hydrogen (secondary N) is 1. The molecule has 1 aliphatic rings. The lowest BCUT2D eigenvalue weighted by Gasteiger charge is -2.13. The topological polar surface area (TPSA) is 81.9 Å². The van der Waals surface area contributed by atoms with Crippen molar-refractivity contribution in [3.05, 3.63) is 47.2 Å². The molecule has 0 spiro atoms. The van der Waals surface area contributed by atoms with Crippen molar-refractivity contribution in [1.82, 2.24) is 20.2 Å². The highest BCUT2D eigenvalue weighted by Gasteiger charge is 2.24. The van der Waals surface area contributed by atoms with E-state index in [1.165, 1.54) is 12.1 Å². The molecule has 1 fully saturated rings. The summed E-state index contributed by atoms with van der Waals surface area (Å²) in [6.07, 6.45) is 2.73. The Balaban J connectivity index is 1.78. The first-order valence-electron chi connectivity index (χ1n) is 8.04. The molecular weight excluding hydrogens is 321 g/mol. The molecule has 1 aliphatic heterocycles. The van der Waals surface area contributed by atoms with Gasteiger partial charge in [-0.05, 0) is 38.5 Å². The standard InChI is InChI=1S/C18H18FN5O/c1-11-7-17(22-12(2)21-11)13-3-4-15(16(19)8-13)18(25)23-14-5-6-24(9-14)10-20/h3-4,7-8,14H,5-6,9H2,1-2H3,(H,23,25)/t14-/m1/s1. The zero-order valence-electron chi connectivity index (χ0n) is 14.1. The van der Waals surface area contributed by atoms with Crippen molar-refractivity contribution in [2.75, 3.05) is 13.1 Å². The van der Waals surface area contributed by atoms with Gasteiger partial charge < -0.3 is 10.2 Å². The second-order valence-corrected chi connectivity index (χ2v) is 6.14. The first-order chi connectivity index (χ1) is 12.0. The van der Waals surface area contributed by atoms with Gasteiger partial charge in [0.1, 0.15) is 11.6 Å². The molecule has 0 radical (unpaired) electrons. The lowest BCUT2D eigenvalue weighted by molar-refractivity contribution is 0.0935. The SMILES string of the molecule is Cc1cc(-c2ccc(C(=O)N[C@@H]3CCN(C#N)C3)c(F)c2)nc(C)n1. The van der Waals surface area contributed by atoms with E-state index in [1.54, 1.807) is 24.0 Å². The van der Waals surface area contributed by atoms with Crippen molar-refractivity contribution >= 4 is 5.91 Å². The van der Waals surface area contributed by atoms with Crippen molar-refractivity contribution in [2.45, 2.75) is 26.3 Å². The van der Waals surface area contributed by atoms with E-state index in [1.807, 2.05) is 13.1 Å². The van der Waals surface area contributed by atoms with Crippen LogP contribution in [0.3, 0.4) is 0 Å². The van der Waals surface area contributed by atoms with Crippen LogP contribution in [0.2, 0.25) is 0 Å². The predicted octanol–water partition coefficient (Wildman–Crippen LogP) is 2.18. The molecule has 3 rings (SSSR count). The number of rotatable bonds is 3. The summed E-state index contributed by atoms with van der Waals surface area (Å²) < 4.78 is 14.4. The molecule has 1 aromatic carbocycles. The molecule has 6 nitrogen and oxygen atoms in total. The number of benzene rings is 1. The van der Waals surface area contributed by atoms with Crippen LogP contribution in [0.4, 0.5) is 4.39 Å². The van der Waals surface area contributed by atoms with E-state index in [-0.39, 0.29) is 11.6 Å². The first-order valence-corrected chi connectivity index (χ1v) is 8.04. The number of nitrogens with zero attached hydrogens (tertiary/aromatic N) is 4. The average Bonchev–Trinajstić information content (AvgIpc) is 3.01. The highest BCUT2D eigenvalue weighted by atomic mass is 19.1. The molecule has 1 N–H and O–H groups in total. The molecule has 1 aromatic heterocycles. The van der Waals surface area contributed by atoms with E-state index in [0.717, 1.165) is 5.69 Å². The number of nitriles is 1. The summed E-state index contributed by atoms with van der Waals surface area (Å²) in [5.74, 6) is -0.455. The lowest BCUT2D eigenvalue weighted by atomic mass is 10.1. The zero-order valence-corrected chi connectivity index (χ0v) is 14.1. The van der Waals surface area contributed by atoms with Crippen molar-refractivity contribution < 1.29 is 9.18 Å². The number of carbonyl (C=O) groups is 1. The summed E-state index contributed by atoms with van der Waals surface area (Å²) in [6.45, 7) is 4.69. The molecule has 1 saturated heterocycles. The minimum absolute atomic E-state index is 0.0124. The Kier molecular flexibility index (Phi) is 4.61. The largest absolute Gasteiger partial charge is 0.347 e. The van der Waals surface area contributed by atoms with Crippen LogP contribution in [0.15, 0.2) is 24.3 Å². The molecule has 2 aromatic rings. The zero-order chi connectivity index (χ0) is 18.0. The maximum atomic E-state index is 14.4. The van der Waals surface area contributed by atoms with Gasteiger partial charge in [0, 0.05) is 30.4 Å². The summed E-state index contributed by atoms with van der Waals surface area (Å²) >= 11 is 0. The number of hydrogen-bond donors (Lipinski definition) is 1. The van der Waals surface area contributed by atoms with Crippen molar-refractivity contribution in [2.24, 2.45) is 0 Å². The molecule has 0 saturated carbocycles. The average molecular weight is 339 g/mol. The Hall–Kier alpha value is -3.01. The Labute approximate surface area is 145 Å². The summed E-state index contributed by atoms with van der Waals surface area (Å²) in [4.78, 5) is 22.4. The van der Waals surface area contributed by atoms with E-state index < -0.39 is 11.7 Å². The summed E-state index contributed by atoms with van der Waals surface area (Å²) in [5, 5.41) is 11.6. The second-order valence-electron chi connectivity index (χ2n) is 6.14. The molecule has 1 atom stereocenters. The Morgan fingerprint density at radius 1 is 1.36 bits per heavy atom. The monoisotopic (exact) mass is 339 g/mol. The second kappa shape index (κ2) is 6.85. The number of carbonyl (C=O) groups excluding carboxylic acids is 1. The van der Waals surface area contributed by atoms with E-state index in [9.17, 15) is 9.18 Å². The molecule has 2 heterocycles. The predicted molar refractivity (Wildman–Crippen MR) is 90.0 cm³/mol. The van der Waals surface area contributed by atoms with Crippen LogP contribution < -0.4 is 5.32 Å². The fourth-order valence-corrected chi connectivity index (χ4v) is 2.96. The van der Waals surface area contributed by atoms with Crippen LogP contribution in [0.25, 0.3) is 11.3 Å². The lowest BCUT2D eigenvalue weighted by Crippen LogP contribution is -2.36. The highest BCUT2D eigenvalue weighted by molar-refractivity contribution is 5.95. The van der Waals surface area contributed by atoms with E-state index >= 15 is 0 Å². The molecule has 128 valence electrons. The van der Waals surface area contributed by atoms with Crippen molar-refractivity contribution in [3.63, 3.8) is 0 Å². The Morgan fingerprint density at radius 3 is 2.80 bits per heavy atom. The number of halogens is 1. The van der Waals surface area contributed by atoms with Crippen molar-refractivity contribution in [1.29, 1.82) is 5.26 Å². The van der Waals surface area contributed by atoms with Gasteiger partial charge >= 0.3 is 0 Å². The maximum absolute atomic E-state index is 14.4. The number of aromatic nitrogens is 2. The summed E-state index contributed by atoms with van der Waals surface area (Å²) in [7, 11) is 0. The van der Waals surface area contributed by atoms with Gasteiger partial charge in [-0.15, -0.1) is 0 Å². The quantitative estimate of drug-likeness (QED) is 0.867. The van der Waals surface area contributed by atoms with Gasteiger partial charge in [0.2, 0.25) is 0 Å². The third kappa shape index (κ3) is 3.74. The van der Waals surface area contributed by atoms with Crippen LogP contribution in [0, 0.1) is 31.1 Å². The maximum Gasteiger partial charge on any atom is 0.254 e. The van der Waals surface area contributed by atoms with Crippen LogP contribution in [0.5, 0.6) is 0 Å². The van der Waals surface area contributed by atoms with E-state index in [2.05, 4.69) is 15.3 Å². The van der Waals surface area contributed by atoms with Gasteiger partial charge in [-0.25, -0.2) is 14.4 Å². The van der Waals surface area contributed by atoms with Crippen LogP contribution >= 0.6 is 0 Å². The van der Waals surface area contributed by atoms with Gasteiger partial charge in [0.15, 0.2) is 6.19 Å². The van der Waals surface area contributed by atoms with Gasteiger partial charge in [0.05, 0.1) is 11.3 Å². The molecular formula is C18H18FN5O. The normalized spacial score (nSPS) is 16.6. The third-order valence-electron chi connectivity index (χ3n) is 4.14. The van der Waals surface area contributed by atoms with E-state index in [0.29, 0.717) is 36.6 Å². The number of amides is 1.